The topological polar surface area (TPSA) is 349 Å². The summed E-state index contributed by atoms with van der Waals surface area (Å²) in [5.74, 6) is -0.917. The average molecular weight is 1450 g/mol. The molecule has 3 saturated heterocycles. The van der Waals surface area contributed by atoms with Gasteiger partial charge in [0.1, 0.15) is 30.4 Å². The van der Waals surface area contributed by atoms with Crippen LogP contribution >= 0.6 is 0 Å². The number of nitrogens with one attached hydrogen (secondary N) is 3. The van der Waals surface area contributed by atoms with Crippen LogP contribution in [0.25, 0.3) is 32.9 Å². The number of halogens is 1. The molecule has 5 amide bonds. The number of nitrogens with two attached hydrogens (primary N) is 1. The fraction of sp³-hybridized carbons (Fsp3) is 0.556. The van der Waals surface area contributed by atoms with Gasteiger partial charge in [0.05, 0.1) is 161 Å². The number of aryl methyl sites for hydroxylation is 1. The predicted molar refractivity (Wildman–Crippen MR) is 380 cm³/mol. The van der Waals surface area contributed by atoms with Gasteiger partial charge in [-0.2, -0.15) is 10.2 Å². The van der Waals surface area contributed by atoms with Crippen molar-refractivity contribution in [2.75, 3.05) is 169 Å². The van der Waals surface area contributed by atoms with E-state index in [0.717, 1.165) is 55.8 Å². The summed E-state index contributed by atoms with van der Waals surface area (Å²) < 4.78 is 70.1. The maximum absolute atomic E-state index is 16.0. The standard InChI is InChI=1S/C72H97FN16O15/c1-84-61-44-58(59(73)43-54(61)45-78-84)57-7-6-8-60-68(57)69(82-89(60)49-64(91)76-46-56-48-88(83-81-56)50-67(94)96-2)53-17-25-86(26-18-53)65(92)14-13-63(90)75-20-28-98-30-32-100-34-36-102-38-40-104-42-41-103-39-37-101-35-33-99-31-29-97-27-19-66(93)87-23-15-52(16-24-87)51-9-11-55(12-10-51)79-72-70(71(74)95)77-47-62(80-72)85-21-4-3-5-22-85/h6-12,43-45,47-48,52-53H,3-5,13-42,46,49-50H2,1-2H3,(H2,74,95)(H,75,90)(H,76,91)(H,79,80). The van der Waals surface area contributed by atoms with Gasteiger partial charge < -0.3 is 79.0 Å². The molecular weight excluding hydrogens is 1350 g/mol. The molecule has 31 nitrogen and oxygen atoms in total. The van der Waals surface area contributed by atoms with Gasteiger partial charge >= 0.3 is 5.97 Å². The number of rotatable bonds is 43. The molecule has 104 heavy (non-hydrogen) atoms. The lowest BCUT2D eigenvalue weighted by atomic mass is 9.88. The summed E-state index contributed by atoms with van der Waals surface area (Å²) in [5.41, 5.74) is 11.2. The number of carbonyl (C=O) groups is 6. The minimum atomic E-state index is -0.636. The minimum absolute atomic E-state index is 0.0287. The fourth-order valence-electron chi connectivity index (χ4n) is 12.8. The van der Waals surface area contributed by atoms with Crippen molar-refractivity contribution in [1.29, 1.82) is 0 Å². The third kappa shape index (κ3) is 23.2. The average Bonchev–Trinajstić information content (AvgIpc) is 1.55. The van der Waals surface area contributed by atoms with Crippen LogP contribution in [0, 0.1) is 5.82 Å². The van der Waals surface area contributed by atoms with E-state index < -0.39 is 17.7 Å². The first-order chi connectivity index (χ1) is 50.8. The van der Waals surface area contributed by atoms with Crippen molar-refractivity contribution < 1.29 is 75.8 Å². The highest BCUT2D eigenvalue weighted by Crippen LogP contribution is 2.40. The van der Waals surface area contributed by atoms with Gasteiger partial charge in [-0.1, -0.05) is 29.5 Å². The van der Waals surface area contributed by atoms with E-state index in [1.165, 1.54) is 29.8 Å². The highest BCUT2D eigenvalue weighted by Gasteiger charge is 2.31. The number of primary amides is 1. The highest BCUT2D eigenvalue weighted by atomic mass is 19.1. The van der Waals surface area contributed by atoms with E-state index >= 15 is 4.39 Å². The van der Waals surface area contributed by atoms with E-state index in [-0.39, 0.29) is 80.9 Å². The predicted octanol–water partition coefficient (Wildman–Crippen LogP) is 4.96. The van der Waals surface area contributed by atoms with Crippen LogP contribution in [0.1, 0.15) is 103 Å². The molecule has 7 heterocycles. The number of amides is 5. The smallest absolute Gasteiger partial charge is 0.327 e. The first-order valence-corrected chi connectivity index (χ1v) is 35.8. The Kier molecular flexibility index (Phi) is 30.4. The van der Waals surface area contributed by atoms with Crippen LogP contribution in [0.5, 0.6) is 0 Å². The van der Waals surface area contributed by atoms with Gasteiger partial charge in [-0.25, -0.2) is 19.0 Å². The molecule has 0 atom stereocenters. The molecule has 0 unspecified atom stereocenters. The number of esters is 1. The Morgan fingerprint density at radius 3 is 1.83 bits per heavy atom. The Morgan fingerprint density at radius 2 is 1.21 bits per heavy atom. The molecule has 7 aromatic rings. The molecule has 0 saturated carbocycles. The molecule has 3 fully saturated rings. The SMILES string of the molecule is COC(=O)Cn1cc(CNC(=O)Cn2nc(C3CCN(C(=O)CCC(=O)NCCOCCOCCOCCOCCOCCOCCOCCOCCC(=O)N4CCC(c5ccc(Nc6nc(N7CCCCC7)cnc6C(N)=O)cc5)CC4)CC3)c3c(-c4cc5c(cnn5C)cc4F)cccc32)nn1. The monoisotopic (exact) mass is 1440 g/mol. The van der Waals surface area contributed by atoms with Gasteiger partial charge in [-0.3, -0.25) is 38.1 Å². The zero-order valence-corrected chi connectivity index (χ0v) is 59.5. The Hall–Kier alpha value is -9.15. The molecule has 3 aliphatic heterocycles. The number of hydrogen-bond acceptors (Lipinski definition) is 23. The molecule has 562 valence electrons. The van der Waals surface area contributed by atoms with E-state index in [2.05, 4.69) is 58.1 Å². The molecule has 0 radical (unpaired) electrons. The number of hydrogen-bond donors (Lipinski definition) is 4. The zero-order valence-electron chi connectivity index (χ0n) is 59.5. The second-order valence-electron chi connectivity index (χ2n) is 25.6. The fourth-order valence-corrected chi connectivity index (χ4v) is 12.8. The first kappa shape index (κ1) is 77.5. The van der Waals surface area contributed by atoms with Gasteiger partial charge in [-0.15, -0.1) is 5.10 Å². The maximum Gasteiger partial charge on any atom is 0.327 e. The first-order valence-electron chi connectivity index (χ1n) is 35.8. The minimum Gasteiger partial charge on any atom is -0.468 e. The quantitative estimate of drug-likeness (QED) is 0.0290. The molecule has 3 aliphatic rings. The third-order valence-corrected chi connectivity index (χ3v) is 18.4. The van der Waals surface area contributed by atoms with Gasteiger partial charge in [0.25, 0.3) is 5.91 Å². The number of benzene rings is 3. The summed E-state index contributed by atoms with van der Waals surface area (Å²) in [6.07, 6.45) is 11.4. The molecular formula is C72H97FN16O15. The van der Waals surface area contributed by atoms with Crippen LogP contribution in [0.15, 0.2) is 73.2 Å². The van der Waals surface area contributed by atoms with Gasteiger partial charge in [0.2, 0.25) is 23.6 Å². The Bertz CT molecular complexity index is 3910. The van der Waals surface area contributed by atoms with Crippen molar-refractivity contribution in [1.82, 2.24) is 65.0 Å². The van der Waals surface area contributed by atoms with E-state index in [9.17, 15) is 28.8 Å². The second kappa shape index (κ2) is 40.8. The Labute approximate surface area is 603 Å². The number of likely N-dealkylation sites (tertiary alicyclic amines) is 2. The number of fused-ring (bicyclic) bond motifs is 2. The number of piperidine rings is 3. The van der Waals surface area contributed by atoms with E-state index in [1.807, 2.05) is 35.2 Å². The van der Waals surface area contributed by atoms with Crippen LogP contribution in [0.3, 0.4) is 0 Å². The molecule has 3 aromatic carbocycles. The summed E-state index contributed by atoms with van der Waals surface area (Å²) in [5, 5.41) is 27.6. The number of ether oxygens (including phenoxy) is 9. The summed E-state index contributed by atoms with van der Waals surface area (Å²) in [6.45, 7) is 10.4. The third-order valence-electron chi connectivity index (χ3n) is 18.4. The van der Waals surface area contributed by atoms with Crippen molar-refractivity contribution >= 4 is 74.6 Å². The molecule has 0 aliphatic carbocycles. The van der Waals surface area contributed by atoms with Crippen LogP contribution in [0.4, 0.5) is 21.7 Å². The number of anilines is 3. The molecule has 0 spiro atoms. The van der Waals surface area contributed by atoms with Crippen LogP contribution in [-0.2, 0) is 93.3 Å². The van der Waals surface area contributed by atoms with Crippen molar-refractivity contribution in [3.05, 3.63) is 102 Å². The normalized spacial score (nSPS) is 14.5. The van der Waals surface area contributed by atoms with Crippen molar-refractivity contribution in [2.45, 2.75) is 95.7 Å². The van der Waals surface area contributed by atoms with Crippen LogP contribution in [0.2, 0.25) is 0 Å². The van der Waals surface area contributed by atoms with Crippen molar-refractivity contribution in [3.8, 4) is 11.1 Å². The molecule has 10 rings (SSSR count). The molecule has 32 heteroatoms. The lowest BCUT2D eigenvalue weighted by Crippen LogP contribution is -2.38. The highest BCUT2D eigenvalue weighted by molar-refractivity contribution is 6.00. The van der Waals surface area contributed by atoms with Crippen LogP contribution < -0.4 is 26.6 Å². The van der Waals surface area contributed by atoms with Gasteiger partial charge in [0, 0.05) is 93.6 Å². The van der Waals surface area contributed by atoms with Gasteiger partial charge in [-0.05, 0) is 92.3 Å². The van der Waals surface area contributed by atoms with E-state index in [1.54, 1.807) is 46.0 Å². The Balaban J connectivity index is 0.491. The Morgan fingerprint density at radius 1 is 0.615 bits per heavy atom. The van der Waals surface area contributed by atoms with Gasteiger partial charge in [0.15, 0.2) is 11.5 Å². The van der Waals surface area contributed by atoms with Crippen molar-refractivity contribution in [3.63, 3.8) is 0 Å². The number of methoxy groups -OCH3 is 1. The lowest BCUT2D eigenvalue weighted by molar-refractivity contribution is -0.141. The maximum atomic E-state index is 16.0. The number of nitrogens with zero attached hydrogens (tertiary/aromatic N) is 12. The van der Waals surface area contributed by atoms with E-state index in [0.29, 0.717) is 195 Å². The summed E-state index contributed by atoms with van der Waals surface area (Å²) in [6, 6.07) is 16.9. The molecule has 0 bridgehead atoms. The number of carbonyl (C=O) groups excluding carboxylic acids is 6. The summed E-state index contributed by atoms with van der Waals surface area (Å²) >= 11 is 0. The molecule has 4 aromatic heterocycles. The summed E-state index contributed by atoms with van der Waals surface area (Å²) in [4.78, 5) is 91.3. The summed E-state index contributed by atoms with van der Waals surface area (Å²) in [7, 11) is 3.07. The van der Waals surface area contributed by atoms with Crippen molar-refractivity contribution in [2.24, 2.45) is 12.8 Å². The second-order valence-corrected chi connectivity index (χ2v) is 25.6. The lowest BCUT2D eigenvalue weighted by Gasteiger charge is -2.32. The number of aromatic nitrogens is 9. The zero-order chi connectivity index (χ0) is 72.8. The van der Waals surface area contributed by atoms with E-state index in [4.69, 9.17) is 53.7 Å². The molecule has 5 N–H and O–H groups in total. The van der Waals surface area contributed by atoms with Crippen LogP contribution in [-0.4, -0.2) is 248 Å². The largest absolute Gasteiger partial charge is 0.468 e.